The van der Waals surface area contributed by atoms with Crippen molar-refractivity contribution < 1.29 is 13.9 Å². The minimum absolute atomic E-state index is 0.0148. The van der Waals surface area contributed by atoms with Crippen LogP contribution in [0.3, 0.4) is 0 Å². The molecule has 1 N–H and O–H groups in total. The number of amides is 1. The van der Waals surface area contributed by atoms with Crippen LogP contribution >= 0.6 is 11.3 Å². The third-order valence-electron chi connectivity index (χ3n) is 4.68. The number of nitrogens with one attached hydrogen (secondary N) is 1. The van der Waals surface area contributed by atoms with Gasteiger partial charge in [-0.3, -0.25) is 4.79 Å². The van der Waals surface area contributed by atoms with Gasteiger partial charge >= 0.3 is 0 Å². The second-order valence-corrected chi connectivity index (χ2v) is 7.86. The summed E-state index contributed by atoms with van der Waals surface area (Å²) in [6.45, 7) is 1.93. The summed E-state index contributed by atoms with van der Waals surface area (Å²) < 4.78 is 12.4. The molecule has 144 valence electrons. The summed E-state index contributed by atoms with van der Waals surface area (Å²) in [5.41, 5.74) is 1.73. The number of ether oxygens (including phenoxy) is 1. The first-order chi connectivity index (χ1) is 13.6. The lowest BCUT2D eigenvalue weighted by Gasteiger charge is -2.11. The molecule has 0 radical (unpaired) electrons. The highest BCUT2D eigenvalue weighted by Gasteiger charge is 2.16. The monoisotopic (exact) mass is 394 g/mol. The number of aromatic nitrogens is 1. The number of benzene rings is 2. The molecule has 1 atom stereocenters. The maximum Gasteiger partial charge on any atom is 0.220 e. The molecule has 5 nitrogen and oxygen atoms in total. The number of methoxy groups -OCH3 is 1. The zero-order valence-corrected chi connectivity index (χ0v) is 16.7. The highest BCUT2D eigenvalue weighted by atomic mass is 32.1. The van der Waals surface area contributed by atoms with Gasteiger partial charge in [-0.1, -0.05) is 24.3 Å². The highest BCUT2D eigenvalue weighted by Crippen LogP contribution is 2.31. The predicted molar refractivity (Wildman–Crippen MR) is 112 cm³/mol. The summed E-state index contributed by atoms with van der Waals surface area (Å²) in [7, 11) is 1.62. The van der Waals surface area contributed by atoms with Crippen molar-refractivity contribution in [1.82, 2.24) is 10.3 Å². The first kappa shape index (κ1) is 18.5. The first-order valence-electron chi connectivity index (χ1n) is 9.34. The van der Waals surface area contributed by atoms with Gasteiger partial charge in [-0.25, -0.2) is 4.98 Å². The smallest absolute Gasteiger partial charge is 0.220 e. The molecule has 2 aromatic heterocycles. The van der Waals surface area contributed by atoms with E-state index in [2.05, 4.69) is 16.4 Å². The average Bonchev–Trinajstić information content (AvgIpc) is 3.31. The standard InChI is InChI=1S/C22H22N2O3S/c1-14(18-13-15-7-5-9-17(26-2)22(15)27-18)23-20(25)11-6-12-21-24-16-8-3-4-10-19(16)28-21/h3-5,7-10,13-14H,6,11-12H2,1-2H3,(H,23,25). The van der Waals surface area contributed by atoms with Gasteiger partial charge in [0.2, 0.25) is 5.91 Å². The van der Waals surface area contributed by atoms with Crippen molar-refractivity contribution >= 4 is 38.4 Å². The van der Waals surface area contributed by atoms with Crippen LogP contribution in [-0.2, 0) is 11.2 Å². The van der Waals surface area contributed by atoms with E-state index in [0.717, 1.165) is 34.5 Å². The molecule has 0 spiro atoms. The Morgan fingerprint density at radius 1 is 1.25 bits per heavy atom. The van der Waals surface area contributed by atoms with Crippen LogP contribution < -0.4 is 10.1 Å². The number of thiazole rings is 1. The second-order valence-electron chi connectivity index (χ2n) is 6.75. The average molecular weight is 394 g/mol. The number of carbonyl (C=O) groups is 1. The number of nitrogens with zero attached hydrogens (tertiary/aromatic N) is 1. The number of para-hydroxylation sites is 2. The molecular weight excluding hydrogens is 372 g/mol. The molecule has 6 heteroatoms. The summed E-state index contributed by atoms with van der Waals surface area (Å²) in [5, 5.41) is 5.06. The summed E-state index contributed by atoms with van der Waals surface area (Å²) in [6.07, 6.45) is 2.04. The lowest BCUT2D eigenvalue weighted by molar-refractivity contribution is -0.121. The molecule has 28 heavy (non-hydrogen) atoms. The third kappa shape index (κ3) is 3.87. The van der Waals surface area contributed by atoms with Crippen LogP contribution in [-0.4, -0.2) is 18.0 Å². The second kappa shape index (κ2) is 8.02. The van der Waals surface area contributed by atoms with Crippen molar-refractivity contribution in [2.24, 2.45) is 0 Å². The van der Waals surface area contributed by atoms with Crippen LogP contribution in [0.4, 0.5) is 0 Å². The predicted octanol–water partition coefficient (Wildman–Crippen LogP) is 5.25. The van der Waals surface area contributed by atoms with Crippen LogP contribution in [0.15, 0.2) is 52.9 Å². The van der Waals surface area contributed by atoms with Gasteiger partial charge in [0.05, 0.1) is 28.4 Å². The fourth-order valence-electron chi connectivity index (χ4n) is 3.24. The molecule has 0 saturated carbocycles. The van der Waals surface area contributed by atoms with Crippen LogP contribution in [0.2, 0.25) is 0 Å². The summed E-state index contributed by atoms with van der Waals surface area (Å²) in [4.78, 5) is 17.0. The molecule has 0 aliphatic carbocycles. The highest BCUT2D eigenvalue weighted by molar-refractivity contribution is 7.18. The molecule has 2 aromatic carbocycles. The maximum absolute atomic E-state index is 12.3. The number of fused-ring (bicyclic) bond motifs is 2. The molecule has 4 rings (SSSR count). The van der Waals surface area contributed by atoms with Crippen molar-refractivity contribution in [1.29, 1.82) is 0 Å². The molecule has 1 unspecified atom stereocenters. The maximum atomic E-state index is 12.3. The van der Waals surface area contributed by atoms with Crippen molar-refractivity contribution in [2.45, 2.75) is 32.2 Å². The quantitative estimate of drug-likeness (QED) is 0.465. The summed E-state index contributed by atoms with van der Waals surface area (Å²) in [5.74, 6) is 1.43. The van der Waals surface area contributed by atoms with Gasteiger partial charge in [0.15, 0.2) is 11.3 Å². The van der Waals surface area contributed by atoms with E-state index >= 15 is 0 Å². The number of rotatable bonds is 7. The molecule has 2 heterocycles. The van der Waals surface area contributed by atoms with Crippen LogP contribution in [0.25, 0.3) is 21.2 Å². The Bertz CT molecular complexity index is 1080. The van der Waals surface area contributed by atoms with E-state index in [0.29, 0.717) is 17.8 Å². The van der Waals surface area contributed by atoms with E-state index in [1.165, 1.54) is 4.70 Å². The molecule has 4 aromatic rings. The molecule has 0 saturated heterocycles. The van der Waals surface area contributed by atoms with E-state index in [1.54, 1.807) is 18.4 Å². The fraction of sp³-hybridized carbons (Fsp3) is 0.273. The van der Waals surface area contributed by atoms with E-state index in [9.17, 15) is 4.79 Å². The lowest BCUT2D eigenvalue weighted by Crippen LogP contribution is -2.26. The Hall–Kier alpha value is -2.86. The molecular formula is C22H22N2O3S. The Labute approximate surface area is 167 Å². The van der Waals surface area contributed by atoms with Crippen LogP contribution in [0, 0.1) is 0 Å². The molecule has 1 amide bonds. The van der Waals surface area contributed by atoms with Crippen molar-refractivity contribution in [3.8, 4) is 5.75 Å². The van der Waals surface area contributed by atoms with Gasteiger partial charge in [-0.05, 0) is 44.0 Å². The Morgan fingerprint density at radius 3 is 2.93 bits per heavy atom. The third-order valence-corrected chi connectivity index (χ3v) is 5.78. The van der Waals surface area contributed by atoms with Crippen LogP contribution in [0.5, 0.6) is 5.75 Å². The molecule has 0 fully saturated rings. The van der Waals surface area contributed by atoms with Crippen molar-refractivity contribution in [3.05, 3.63) is 59.3 Å². The fourth-order valence-corrected chi connectivity index (χ4v) is 4.25. The largest absolute Gasteiger partial charge is 0.493 e. The molecule has 0 bridgehead atoms. The minimum atomic E-state index is -0.202. The molecule has 0 aliphatic heterocycles. The van der Waals surface area contributed by atoms with Gasteiger partial charge in [0.1, 0.15) is 5.76 Å². The Morgan fingerprint density at radius 2 is 2.11 bits per heavy atom. The van der Waals surface area contributed by atoms with Gasteiger partial charge < -0.3 is 14.5 Å². The topological polar surface area (TPSA) is 64.4 Å². The van der Waals surface area contributed by atoms with E-state index < -0.39 is 0 Å². The number of carbonyl (C=O) groups excluding carboxylic acids is 1. The van der Waals surface area contributed by atoms with Gasteiger partial charge in [-0.15, -0.1) is 11.3 Å². The summed E-state index contributed by atoms with van der Waals surface area (Å²) in [6, 6.07) is 15.6. The van der Waals surface area contributed by atoms with E-state index in [4.69, 9.17) is 9.15 Å². The van der Waals surface area contributed by atoms with Gasteiger partial charge in [0, 0.05) is 11.8 Å². The number of furan rings is 1. The van der Waals surface area contributed by atoms with Crippen molar-refractivity contribution in [3.63, 3.8) is 0 Å². The Balaban J connectivity index is 1.33. The normalized spacial score (nSPS) is 12.4. The summed E-state index contributed by atoms with van der Waals surface area (Å²) >= 11 is 1.70. The van der Waals surface area contributed by atoms with Crippen molar-refractivity contribution in [2.75, 3.05) is 7.11 Å². The Kier molecular flexibility index (Phi) is 5.30. The van der Waals surface area contributed by atoms with E-state index in [1.807, 2.05) is 49.4 Å². The SMILES string of the molecule is COc1cccc2cc(C(C)NC(=O)CCCc3nc4ccccc4s3)oc12. The lowest BCUT2D eigenvalue weighted by atomic mass is 10.2. The zero-order chi connectivity index (χ0) is 19.5. The number of aryl methyl sites for hydroxylation is 1. The van der Waals surface area contributed by atoms with Gasteiger partial charge in [0.25, 0.3) is 0 Å². The van der Waals surface area contributed by atoms with Crippen LogP contribution in [0.1, 0.15) is 36.6 Å². The first-order valence-corrected chi connectivity index (χ1v) is 10.2. The van der Waals surface area contributed by atoms with Gasteiger partial charge in [-0.2, -0.15) is 0 Å². The minimum Gasteiger partial charge on any atom is -0.493 e. The number of hydrogen-bond donors (Lipinski definition) is 1. The molecule has 0 aliphatic rings. The van der Waals surface area contributed by atoms with E-state index in [-0.39, 0.29) is 11.9 Å². The zero-order valence-electron chi connectivity index (χ0n) is 15.9. The number of hydrogen-bond acceptors (Lipinski definition) is 5.